The van der Waals surface area contributed by atoms with Gasteiger partial charge in [-0.25, -0.2) is 0 Å². The number of benzene rings is 1. The molecule has 0 aliphatic heterocycles. The standard InChI is InChI=1S/C8H8O.C8H18O/c1-7(9)8-5-3-2-4-6-8;1-3-5-7-9-8-6-4-2/h2-6H,1H3;3-8H2,1-2H3. The molecular formula is C16H26O2. The lowest BCUT2D eigenvalue weighted by Gasteiger charge is -1.99. The second kappa shape index (κ2) is 12.3. The molecule has 0 saturated heterocycles. The largest absolute Gasteiger partial charge is 0.381 e. The molecule has 2 heteroatoms. The number of hydrogen-bond acceptors (Lipinski definition) is 2. The molecule has 0 aliphatic carbocycles. The topological polar surface area (TPSA) is 26.3 Å². The third-order valence-corrected chi connectivity index (χ3v) is 2.46. The van der Waals surface area contributed by atoms with Gasteiger partial charge in [-0.15, -0.1) is 0 Å². The molecule has 0 N–H and O–H groups in total. The van der Waals surface area contributed by atoms with Crippen LogP contribution in [-0.2, 0) is 4.74 Å². The van der Waals surface area contributed by atoms with Crippen LogP contribution in [-0.4, -0.2) is 19.0 Å². The van der Waals surface area contributed by atoms with Gasteiger partial charge in [0.05, 0.1) is 0 Å². The summed E-state index contributed by atoms with van der Waals surface area (Å²) in [5, 5.41) is 0. The van der Waals surface area contributed by atoms with Crippen LogP contribution in [0.15, 0.2) is 30.3 Å². The minimum atomic E-state index is 0.121. The highest BCUT2D eigenvalue weighted by atomic mass is 16.5. The number of hydrogen-bond donors (Lipinski definition) is 0. The van der Waals surface area contributed by atoms with Crippen molar-refractivity contribution in [3.63, 3.8) is 0 Å². The van der Waals surface area contributed by atoms with E-state index >= 15 is 0 Å². The lowest BCUT2D eigenvalue weighted by atomic mass is 10.2. The van der Waals surface area contributed by atoms with Gasteiger partial charge in [0.25, 0.3) is 0 Å². The van der Waals surface area contributed by atoms with Gasteiger partial charge in [0.2, 0.25) is 0 Å². The quantitative estimate of drug-likeness (QED) is 0.526. The fourth-order valence-corrected chi connectivity index (χ4v) is 1.27. The molecule has 0 spiro atoms. The molecule has 0 heterocycles. The van der Waals surface area contributed by atoms with Crippen molar-refractivity contribution >= 4 is 5.78 Å². The summed E-state index contributed by atoms with van der Waals surface area (Å²) < 4.78 is 5.31. The van der Waals surface area contributed by atoms with Gasteiger partial charge in [0, 0.05) is 18.8 Å². The van der Waals surface area contributed by atoms with Crippen LogP contribution in [0.3, 0.4) is 0 Å². The van der Waals surface area contributed by atoms with E-state index in [0.717, 1.165) is 18.8 Å². The Morgan fingerprint density at radius 1 is 1.00 bits per heavy atom. The highest BCUT2D eigenvalue weighted by Crippen LogP contribution is 1.97. The first-order chi connectivity index (χ1) is 8.72. The summed E-state index contributed by atoms with van der Waals surface area (Å²) >= 11 is 0. The zero-order valence-electron chi connectivity index (χ0n) is 11.9. The van der Waals surface area contributed by atoms with Crippen LogP contribution in [0.5, 0.6) is 0 Å². The molecule has 102 valence electrons. The van der Waals surface area contributed by atoms with Crippen LogP contribution in [0.25, 0.3) is 0 Å². The molecule has 0 bridgehead atoms. The minimum absolute atomic E-state index is 0.121. The van der Waals surface area contributed by atoms with E-state index < -0.39 is 0 Å². The number of unbranched alkanes of at least 4 members (excludes halogenated alkanes) is 2. The van der Waals surface area contributed by atoms with Crippen LogP contribution in [0.4, 0.5) is 0 Å². The Morgan fingerprint density at radius 3 is 1.83 bits per heavy atom. The van der Waals surface area contributed by atoms with Crippen molar-refractivity contribution in [3.05, 3.63) is 35.9 Å². The van der Waals surface area contributed by atoms with Gasteiger partial charge in [0.1, 0.15) is 0 Å². The molecule has 0 unspecified atom stereocenters. The van der Waals surface area contributed by atoms with Crippen molar-refractivity contribution in [1.29, 1.82) is 0 Å². The Kier molecular flexibility index (Phi) is 11.5. The number of ether oxygens (including phenoxy) is 1. The number of carbonyl (C=O) groups is 1. The zero-order chi connectivity index (χ0) is 13.6. The molecule has 1 rings (SSSR count). The summed E-state index contributed by atoms with van der Waals surface area (Å²) in [6.07, 6.45) is 4.91. The smallest absolute Gasteiger partial charge is 0.159 e. The fraction of sp³-hybridized carbons (Fsp3) is 0.562. The molecule has 1 aromatic carbocycles. The van der Waals surface area contributed by atoms with Gasteiger partial charge in [-0.2, -0.15) is 0 Å². The number of Topliss-reactive ketones (excluding diaryl/α,β-unsaturated/α-hetero) is 1. The fourth-order valence-electron chi connectivity index (χ4n) is 1.27. The number of ketones is 1. The third-order valence-electron chi connectivity index (χ3n) is 2.46. The second-order valence-corrected chi connectivity index (χ2v) is 4.24. The number of rotatable bonds is 7. The molecule has 0 fully saturated rings. The Hall–Kier alpha value is -1.15. The van der Waals surface area contributed by atoms with E-state index in [4.69, 9.17) is 4.74 Å². The van der Waals surface area contributed by atoms with Crippen LogP contribution in [0.2, 0.25) is 0 Å². The van der Waals surface area contributed by atoms with Gasteiger partial charge in [0.15, 0.2) is 5.78 Å². The van der Waals surface area contributed by atoms with Crippen LogP contribution >= 0.6 is 0 Å². The first-order valence-corrected chi connectivity index (χ1v) is 6.86. The Morgan fingerprint density at radius 2 is 1.50 bits per heavy atom. The summed E-state index contributed by atoms with van der Waals surface area (Å²) in [5.74, 6) is 0.121. The van der Waals surface area contributed by atoms with Gasteiger partial charge in [-0.3, -0.25) is 4.79 Å². The molecule has 0 aliphatic rings. The van der Waals surface area contributed by atoms with Crippen molar-refractivity contribution < 1.29 is 9.53 Å². The van der Waals surface area contributed by atoms with Crippen LogP contribution in [0.1, 0.15) is 56.8 Å². The Bertz CT molecular complexity index is 287. The monoisotopic (exact) mass is 250 g/mol. The minimum Gasteiger partial charge on any atom is -0.381 e. The first-order valence-electron chi connectivity index (χ1n) is 6.86. The van der Waals surface area contributed by atoms with Crippen LogP contribution < -0.4 is 0 Å². The van der Waals surface area contributed by atoms with Gasteiger partial charge in [-0.1, -0.05) is 57.0 Å². The highest BCUT2D eigenvalue weighted by Gasteiger charge is 1.92. The molecule has 1 aromatic rings. The van der Waals surface area contributed by atoms with Crippen molar-refractivity contribution in [2.45, 2.75) is 46.5 Å². The normalized spacial score (nSPS) is 9.50. The molecular weight excluding hydrogens is 224 g/mol. The highest BCUT2D eigenvalue weighted by molar-refractivity contribution is 5.93. The molecule has 2 nitrogen and oxygen atoms in total. The van der Waals surface area contributed by atoms with Crippen molar-refractivity contribution in [3.8, 4) is 0 Å². The van der Waals surface area contributed by atoms with E-state index in [0.29, 0.717) is 0 Å². The molecule has 0 aromatic heterocycles. The average molecular weight is 250 g/mol. The summed E-state index contributed by atoms with van der Waals surface area (Å²) in [7, 11) is 0. The van der Waals surface area contributed by atoms with Crippen LogP contribution in [0, 0.1) is 0 Å². The average Bonchev–Trinajstić information content (AvgIpc) is 2.40. The summed E-state index contributed by atoms with van der Waals surface area (Å²) in [6.45, 7) is 7.84. The maximum absolute atomic E-state index is 10.6. The van der Waals surface area contributed by atoms with E-state index in [2.05, 4.69) is 13.8 Å². The van der Waals surface area contributed by atoms with Gasteiger partial charge >= 0.3 is 0 Å². The van der Waals surface area contributed by atoms with E-state index in [9.17, 15) is 4.79 Å². The van der Waals surface area contributed by atoms with Crippen molar-refractivity contribution in [1.82, 2.24) is 0 Å². The van der Waals surface area contributed by atoms with Gasteiger partial charge in [-0.05, 0) is 19.8 Å². The molecule has 0 radical (unpaired) electrons. The van der Waals surface area contributed by atoms with Crippen molar-refractivity contribution in [2.24, 2.45) is 0 Å². The Balaban J connectivity index is 0.000000321. The molecule has 0 saturated carbocycles. The maximum Gasteiger partial charge on any atom is 0.159 e. The summed E-state index contributed by atoms with van der Waals surface area (Å²) in [6, 6.07) is 9.23. The van der Waals surface area contributed by atoms with E-state index in [1.165, 1.54) is 25.7 Å². The maximum atomic E-state index is 10.6. The summed E-state index contributed by atoms with van der Waals surface area (Å²) in [4.78, 5) is 10.6. The summed E-state index contributed by atoms with van der Waals surface area (Å²) in [5.41, 5.74) is 0.775. The first kappa shape index (κ1) is 16.9. The third kappa shape index (κ3) is 10.0. The molecule has 0 amide bonds. The predicted molar refractivity (Wildman–Crippen MR) is 77.1 cm³/mol. The molecule has 0 atom stereocenters. The van der Waals surface area contributed by atoms with E-state index in [1.54, 1.807) is 6.92 Å². The van der Waals surface area contributed by atoms with E-state index in [-0.39, 0.29) is 5.78 Å². The molecule has 18 heavy (non-hydrogen) atoms. The van der Waals surface area contributed by atoms with E-state index in [1.807, 2.05) is 30.3 Å². The predicted octanol–water partition coefficient (Wildman–Crippen LogP) is 4.49. The second-order valence-electron chi connectivity index (χ2n) is 4.24. The SMILES string of the molecule is CC(=O)c1ccccc1.CCCCOCCCC. The Labute approximate surface area is 111 Å². The lowest BCUT2D eigenvalue weighted by Crippen LogP contribution is -1.95. The number of carbonyl (C=O) groups excluding carboxylic acids is 1. The lowest BCUT2D eigenvalue weighted by molar-refractivity contribution is 0.101. The van der Waals surface area contributed by atoms with Crippen molar-refractivity contribution in [2.75, 3.05) is 13.2 Å². The van der Waals surface area contributed by atoms with Gasteiger partial charge < -0.3 is 4.74 Å². The zero-order valence-corrected chi connectivity index (χ0v) is 11.9.